The van der Waals surface area contributed by atoms with E-state index in [-0.39, 0.29) is 37.9 Å². The predicted octanol–water partition coefficient (Wildman–Crippen LogP) is 4.66. The van der Waals surface area contributed by atoms with Crippen LogP contribution < -0.4 is 21.1 Å². The molecular formula is C34H33N5O6. The Morgan fingerprint density at radius 1 is 0.822 bits per heavy atom. The quantitative estimate of drug-likeness (QED) is 0.172. The van der Waals surface area contributed by atoms with Gasteiger partial charge in [0, 0.05) is 24.9 Å². The molecule has 4 N–H and O–H groups in total. The van der Waals surface area contributed by atoms with Crippen LogP contribution in [0.5, 0.6) is 6.01 Å². The number of hydrogen-bond acceptors (Lipinski definition) is 9. The average Bonchev–Trinajstić information content (AvgIpc) is 3.52. The molecule has 0 aliphatic heterocycles. The fourth-order valence-electron chi connectivity index (χ4n) is 4.84. The van der Waals surface area contributed by atoms with Gasteiger partial charge in [-0.05, 0) is 51.7 Å². The summed E-state index contributed by atoms with van der Waals surface area (Å²) in [6.07, 6.45) is -0.494. The number of aromatic nitrogens is 2. The number of hydrogen-bond donors (Lipinski definition) is 3. The molecule has 0 fully saturated rings. The van der Waals surface area contributed by atoms with Gasteiger partial charge in [-0.15, -0.1) is 0 Å². The van der Waals surface area contributed by atoms with Crippen LogP contribution in [0.3, 0.4) is 0 Å². The van der Waals surface area contributed by atoms with Crippen LogP contribution in [0.2, 0.25) is 0 Å². The van der Waals surface area contributed by atoms with Crippen molar-refractivity contribution in [2.45, 2.75) is 38.4 Å². The Morgan fingerprint density at radius 2 is 1.58 bits per heavy atom. The molecule has 45 heavy (non-hydrogen) atoms. The summed E-state index contributed by atoms with van der Waals surface area (Å²) < 4.78 is 15.1. The highest BCUT2D eigenvalue weighted by Crippen LogP contribution is 2.21. The van der Waals surface area contributed by atoms with Gasteiger partial charge >= 0.3 is 12.2 Å². The number of rotatable bonds is 12. The van der Waals surface area contributed by atoms with Gasteiger partial charge < -0.3 is 30.4 Å². The van der Waals surface area contributed by atoms with E-state index in [1.165, 1.54) is 0 Å². The monoisotopic (exact) mass is 607 g/mol. The molecule has 0 unspecified atom stereocenters. The maximum atomic E-state index is 14.0. The Balaban J connectivity index is 1.43. The molecule has 2 atom stereocenters. The average molecular weight is 608 g/mol. The van der Waals surface area contributed by atoms with Crippen LogP contribution in [0.4, 0.5) is 4.79 Å². The van der Waals surface area contributed by atoms with Crippen molar-refractivity contribution in [1.82, 2.24) is 20.8 Å². The minimum Gasteiger partial charge on any atom is -0.434 e. The number of nitrogens with one attached hydrogen (secondary N) is 2. The second kappa shape index (κ2) is 14.8. The number of benzene rings is 4. The Morgan fingerprint density at radius 3 is 2.36 bits per heavy atom. The summed E-state index contributed by atoms with van der Waals surface area (Å²) in [6.45, 7) is 2.02. The lowest BCUT2D eigenvalue weighted by Gasteiger charge is -2.22. The van der Waals surface area contributed by atoms with Crippen molar-refractivity contribution in [3.05, 3.63) is 125 Å². The van der Waals surface area contributed by atoms with E-state index < -0.39 is 30.1 Å². The minimum absolute atomic E-state index is 0.0120. The van der Waals surface area contributed by atoms with Crippen molar-refractivity contribution in [2.75, 3.05) is 6.61 Å². The fraction of sp³-hybridized carbons (Fsp3) is 0.206. The molecule has 5 aromatic rings. The van der Waals surface area contributed by atoms with Crippen LogP contribution in [0.25, 0.3) is 10.8 Å². The Bertz CT molecular complexity index is 1770. The van der Waals surface area contributed by atoms with E-state index in [1.807, 2.05) is 78.9 Å². The predicted molar refractivity (Wildman–Crippen MR) is 166 cm³/mol. The van der Waals surface area contributed by atoms with Crippen molar-refractivity contribution in [2.24, 2.45) is 5.73 Å². The highest BCUT2D eigenvalue weighted by molar-refractivity contribution is 5.98. The Hall–Kier alpha value is -5.55. The van der Waals surface area contributed by atoms with Crippen LogP contribution in [0.15, 0.2) is 102 Å². The molecule has 4 aromatic carbocycles. The van der Waals surface area contributed by atoms with Gasteiger partial charge in [-0.3, -0.25) is 9.59 Å². The SMILES string of the molecule is CCOC(=O)Oc1noc([C@@H](Cc2ccccc2)NC(=O)[C@@H](Cc2ccc3ccccc3c2)NC(=O)c2cccc(CN)c2)n1. The molecule has 1 aromatic heterocycles. The largest absolute Gasteiger partial charge is 0.516 e. The molecule has 230 valence electrons. The smallest absolute Gasteiger partial charge is 0.434 e. The molecule has 1 heterocycles. The molecule has 2 amide bonds. The van der Waals surface area contributed by atoms with Gasteiger partial charge in [0.1, 0.15) is 12.1 Å². The van der Waals surface area contributed by atoms with Gasteiger partial charge in [0.05, 0.1) is 6.61 Å². The molecule has 0 aliphatic carbocycles. The molecule has 11 nitrogen and oxygen atoms in total. The van der Waals surface area contributed by atoms with E-state index in [4.69, 9.17) is 19.7 Å². The van der Waals surface area contributed by atoms with Crippen LogP contribution in [-0.4, -0.2) is 40.8 Å². The van der Waals surface area contributed by atoms with Crippen LogP contribution in [-0.2, 0) is 28.9 Å². The number of carbonyl (C=O) groups is 3. The number of amides is 2. The lowest BCUT2D eigenvalue weighted by atomic mass is 9.99. The summed E-state index contributed by atoms with van der Waals surface area (Å²) in [7, 11) is 0. The summed E-state index contributed by atoms with van der Waals surface area (Å²) in [6, 6.07) is 28.0. The second-order valence-corrected chi connectivity index (χ2v) is 10.3. The van der Waals surface area contributed by atoms with Crippen molar-refractivity contribution in [3.8, 4) is 6.01 Å². The van der Waals surface area contributed by atoms with Crippen molar-refractivity contribution >= 4 is 28.7 Å². The maximum absolute atomic E-state index is 14.0. The number of nitrogens with zero attached hydrogens (tertiary/aromatic N) is 2. The lowest BCUT2D eigenvalue weighted by Crippen LogP contribution is -2.49. The number of nitrogens with two attached hydrogens (primary N) is 1. The Labute approximate surface area is 259 Å². The number of carbonyl (C=O) groups excluding carboxylic acids is 3. The molecule has 0 spiro atoms. The van der Waals surface area contributed by atoms with Gasteiger partial charge in [-0.25, -0.2) is 4.79 Å². The van der Waals surface area contributed by atoms with E-state index in [0.717, 1.165) is 27.5 Å². The lowest BCUT2D eigenvalue weighted by molar-refractivity contribution is -0.123. The number of fused-ring (bicyclic) bond motifs is 1. The zero-order valence-electron chi connectivity index (χ0n) is 24.6. The van der Waals surface area contributed by atoms with E-state index in [2.05, 4.69) is 20.8 Å². The topological polar surface area (TPSA) is 159 Å². The van der Waals surface area contributed by atoms with E-state index in [0.29, 0.717) is 5.56 Å². The maximum Gasteiger partial charge on any atom is 0.516 e. The first-order chi connectivity index (χ1) is 21.9. The van der Waals surface area contributed by atoms with E-state index >= 15 is 0 Å². The molecule has 0 radical (unpaired) electrons. The molecule has 0 aliphatic rings. The third-order valence-corrected chi connectivity index (χ3v) is 7.06. The van der Waals surface area contributed by atoms with Crippen LogP contribution in [0, 0.1) is 0 Å². The fourth-order valence-corrected chi connectivity index (χ4v) is 4.84. The normalized spacial score (nSPS) is 12.2. The minimum atomic E-state index is -0.981. The third kappa shape index (κ3) is 8.30. The summed E-state index contributed by atoms with van der Waals surface area (Å²) in [4.78, 5) is 43.4. The van der Waals surface area contributed by atoms with Crippen molar-refractivity contribution in [1.29, 1.82) is 0 Å². The zero-order chi connectivity index (χ0) is 31.6. The second-order valence-electron chi connectivity index (χ2n) is 10.3. The van der Waals surface area contributed by atoms with Crippen LogP contribution in [0.1, 0.15) is 45.9 Å². The summed E-state index contributed by atoms with van der Waals surface area (Å²) in [5, 5.41) is 11.7. The molecular weight excluding hydrogens is 574 g/mol. The molecule has 11 heteroatoms. The van der Waals surface area contributed by atoms with Crippen LogP contribution >= 0.6 is 0 Å². The van der Waals surface area contributed by atoms with Gasteiger partial charge in [0.15, 0.2) is 0 Å². The molecule has 0 saturated heterocycles. The molecule has 5 rings (SSSR count). The van der Waals surface area contributed by atoms with Crippen molar-refractivity contribution < 1.29 is 28.4 Å². The van der Waals surface area contributed by atoms with Gasteiger partial charge in [-0.2, -0.15) is 4.98 Å². The first kappa shape index (κ1) is 30.9. The van der Waals surface area contributed by atoms with E-state index in [9.17, 15) is 14.4 Å². The third-order valence-electron chi connectivity index (χ3n) is 7.06. The standard InChI is InChI=1S/C34H33N5O6/c1-2-43-34(42)44-33-38-32(45-39-33)29(19-22-9-4-3-5-10-22)37-31(41)28(36-30(40)27-14-8-11-24(18-27)21-35)20-23-15-16-25-12-6-7-13-26(25)17-23/h3-18,28-29H,2,19-21,35H2,1H3,(H,36,40)(H,37,41)/t28-,29-/m1/s1. The first-order valence-corrected chi connectivity index (χ1v) is 14.5. The van der Waals surface area contributed by atoms with Crippen molar-refractivity contribution in [3.63, 3.8) is 0 Å². The highest BCUT2D eigenvalue weighted by Gasteiger charge is 2.29. The molecule has 0 saturated carbocycles. The molecule has 0 bridgehead atoms. The highest BCUT2D eigenvalue weighted by atomic mass is 16.7. The first-order valence-electron chi connectivity index (χ1n) is 14.5. The Kier molecular flexibility index (Phi) is 10.1. The summed E-state index contributed by atoms with van der Waals surface area (Å²) in [5.41, 5.74) is 8.69. The van der Waals surface area contributed by atoms with Gasteiger partial charge in [0.25, 0.3) is 11.8 Å². The number of ether oxygens (including phenoxy) is 2. The summed E-state index contributed by atoms with van der Waals surface area (Å²) >= 11 is 0. The zero-order valence-corrected chi connectivity index (χ0v) is 24.6. The van der Waals surface area contributed by atoms with Gasteiger partial charge in [-0.1, -0.05) is 84.9 Å². The van der Waals surface area contributed by atoms with Gasteiger partial charge in [0.2, 0.25) is 5.91 Å². The summed E-state index contributed by atoms with van der Waals surface area (Å²) in [5.74, 6) is -0.884. The van der Waals surface area contributed by atoms with E-state index in [1.54, 1.807) is 25.1 Å².